The Balaban J connectivity index is 0.00000314. The third-order valence-electron chi connectivity index (χ3n) is 10.3. The van der Waals surface area contributed by atoms with Gasteiger partial charge in [-0.25, -0.2) is 0 Å². The molecular weight excluding hydrogens is 786 g/mol. The van der Waals surface area contributed by atoms with Crippen LogP contribution in [-0.2, 0) is 16.7 Å². The molecule has 0 bridgehead atoms. The van der Waals surface area contributed by atoms with Gasteiger partial charge in [-0.2, -0.15) is 0 Å². The normalized spacial score (nSPS) is 16.0. The summed E-state index contributed by atoms with van der Waals surface area (Å²) in [6, 6.07) is 29.8. The molecule has 2 heterocycles. The van der Waals surface area contributed by atoms with Crippen molar-refractivity contribution in [2.45, 2.75) is 103 Å². The molecule has 8 heteroatoms. The predicted octanol–water partition coefficient (Wildman–Crippen LogP) is 4.55. The fraction of sp³-hybridized carbons (Fsp3) is 0.422. The SMILES string of the molecule is CCC1CN(C(=O)c2ccccc2)c2cccc(/[CH]=[Ru+2]/[CH]3N(c4c(C(C)C)cccc4C(C)C)CCN3c3c(C(C)C)cccc3C(C)C)c2O1.[Cl-].[Cl-]. The van der Waals surface area contributed by atoms with Crippen LogP contribution in [0.4, 0.5) is 17.1 Å². The van der Waals surface area contributed by atoms with E-state index in [0.29, 0.717) is 35.8 Å². The van der Waals surface area contributed by atoms with Gasteiger partial charge in [0.05, 0.1) is 0 Å². The fourth-order valence-electron chi connectivity index (χ4n) is 7.56. The van der Waals surface area contributed by atoms with Gasteiger partial charge in [0.1, 0.15) is 0 Å². The second-order valence-corrected chi connectivity index (χ2v) is 17.2. The molecule has 6 rings (SSSR count). The van der Waals surface area contributed by atoms with Crippen molar-refractivity contribution < 1.29 is 51.0 Å². The van der Waals surface area contributed by atoms with Crippen molar-refractivity contribution in [3.63, 3.8) is 0 Å². The van der Waals surface area contributed by atoms with Crippen molar-refractivity contribution >= 4 is 27.6 Å². The number of hydrogen-bond acceptors (Lipinski definition) is 4. The second-order valence-electron chi connectivity index (χ2n) is 15.2. The third kappa shape index (κ3) is 8.72. The van der Waals surface area contributed by atoms with Gasteiger partial charge in [0.25, 0.3) is 0 Å². The minimum atomic E-state index is -0.335. The van der Waals surface area contributed by atoms with E-state index < -0.39 is 0 Å². The van der Waals surface area contributed by atoms with E-state index in [1.54, 1.807) is 0 Å². The number of rotatable bonds is 10. The molecule has 4 aromatic rings. The molecule has 5 nitrogen and oxygen atoms in total. The van der Waals surface area contributed by atoms with E-state index in [4.69, 9.17) is 4.74 Å². The molecule has 0 saturated carbocycles. The number of carbonyl (C=O) groups excluding carboxylic acids is 1. The molecule has 2 aliphatic heterocycles. The molecule has 4 aromatic carbocycles. The van der Waals surface area contributed by atoms with Crippen LogP contribution in [0.5, 0.6) is 5.75 Å². The van der Waals surface area contributed by atoms with Crippen LogP contribution in [-0.4, -0.2) is 41.0 Å². The summed E-state index contributed by atoms with van der Waals surface area (Å²) < 4.78 is 9.38. The minimum Gasteiger partial charge on any atom is -1.00 e. The van der Waals surface area contributed by atoms with E-state index in [0.717, 1.165) is 36.5 Å². The second kappa shape index (κ2) is 18.4. The largest absolute Gasteiger partial charge is 1.00 e. The van der Waals surface area contributed by atoms with Crippen LogP contribution < -0.4 is 44.3 Å². The van der Waals surface area contributed by atoms with Gasteiger partial charge in [-0.15, -0.1) is 0 Å². The third-order valence-corrected chi connectivity index (χ3v) is 12.8. The van der Waals surface area contributed by atoms with Crippen LogP contribution in [0.1, 0.15) is 131 Å². The summed E-state index contributed by atoms with van der Waals surface area (Å²) in [6.45, 7) is 23.3. The first-order chi connectivity index (χ1) is 24.5. The Morgan fingerprint density at radius 2 is 1.17 bits per heavy atom. The fourth-order valence-corrected chi connectivity index (χ4v) is 10.1. The predicted molar refractivity (Wildman–Crippen MR) is 212 cm³/mol. The zero-order valence-electron chi connectivity index (χ0n) is 32.7. The van der Waals surface area contributed by atoms with Crippen LogP contribution in [0.15, 0.2) is 84.9 Å². The average Bonchev–Trinajstić information content (AvgIpc) is 3.55. The number of halogens is 2. The summed E-state index contributed by atoms with van der Waals surface area (Å²) in [5.41, 5.74) is 11.2. The maximum absolute atomic E-state index is 13.9. The molecule has 0 aliphatic carbocycles. The molecule has 2 aliphatic rings. The first kappa shape index (κ1) is 42.6. The quantitative estimate of drug-likeness (QED) is 0.220. The van der Waals surface area contributed by atoms with Gasteiger partial charge in [-0.05, 0) is 0 Å². The van der Waals surface area contributed by atoms with Crippen molar-refractivity contribution in [2.24, 2.45) is 0 Å². The average molecular weight is 843 g/mol. The summed E-state index contributed by atoms with van der Waals surface area (Å²) in [5, 5.41) is 0. The van der Waals surface area contributed by atoms with Gasteiger partial charge in [-0.1, -0.05) is 0 Å². The summed E-state index contributed by atoms with van der Waals surface area (Å²) in [5.74, 6) is 2.51. The number of ether oxygens (including phenoxy) is 1. The Morgan fingerprint density at radius 3 is 1.62 bits per heavy atom. The molecule has 0 radical (unpaired) electrons. The number of fused-ring (bicyclic) bond motifs is 1. The summed E-state index contributed by atoms with van der Waals surface area (Å²) in [7, 11) is 0. The Kier molecular flexibility index (Phi) is 14.8. The number of carbonyl (C=O) groups is 1. The summed E-state index contributed by atoms with van der Waals surface area (Å²) in [4.78, 5) is 21.3. The molecule has 1 saturated heterocycles. The zero-order valence-corrected chi connectivity index (χ0v) is 36.0. The van der Waals surface area contributed by atoms with Gasteiger partial charge in [0.15, 0.2) is 0 Å². The molecule has 1 fully saturated rings. The Morgan fingerprint density at radius 1 is 0.698 bits per heavy atom. The van der Waals surface area contributed by atoms with Gasteiger partial charge in [0.2, 0.25) is 0 Å². The maximum atomic E-state index is 13.9. The molecule has 285 valence electrons. The maximum Gasteiger partial charge on any atom is -1.00 e. The Hall–Kier alpha value is -3.18. The first-order valence-electron chi connectivity index (χ1n) is 18.9. The van der Waals surface area contributed by atoms with Crippen molar-refractivity contribution in [2.75, 3.05) is 34.3 Å². The van der Waals surface area contributed by atoms with Crippen LogP contribution >= 0.6 is 0 Å². The molecule has 1 atom stereocenters. The van der Waals surface area contributed by atoms with E-state index >= 15 is 0 Å². The molecule has 53 heavy (non-hydrogen) atoms. The van der Waals surface area contributed by atoms with Crippen LogP contribution in [0, 0.1) is 0 Å². The monoisotopic (exact) mass is 842 g/mol. The van der Waals surface area contributed by atoms with Crippen molar-refractivity contribution in [3.8, 4) is 5.75 Å². The van der Waals surface area contributed by atoms with E-state index in [2.05, 4.69) is 125 Å². The number of amides is 1. The van der Waals surface area contributed by atoms with Gasteiger partial charge >= 0.3 is 315 Å². The minimum absolute atomic E-state index is 0. The molecule has 1 amide bonds. The summed E-state index contributed by atoms with van der Waals surface area (Å²) >= 11 is -0.335. The zero-order chi connectivity index (χ0) is 36.4. The topological polar surface area (TPSA) is 36.0 Å². The van der Waals surface area contributed by atoms with E-state index in [1.807, 2.05) is 41.3 Å². The molecule has 1 unspecified atom stereocenters. The molecule has 0 aromatic heterocycles. The van der Waals surface area contributed by atoms with Gasteiger partial charge in [0, 0.05) is 0 Å². The van der Waals surface area contributed by atoms with Gasteiger partial charge < -0.3 is 24.8 Å². The van der Waals surface area contributed by atoms with Crippen molar-refractivity contribution in [1.29, 1.82) is 0 Å². The standard InChI is InChI=1S/C27H39N2.C18H17NO2.2ClH.Ru/c1-18(2)22-11-9-12-23(19(3)4)26(22)28-15-16-29(17-28)27-24(20(5)6)13-10-14-25(27)21(7)8;1-3-15-12-19(18(20)14-9-5-4-6-10-14)16-11-7-8-13(2)17(16)21-15;;;/h9-14,17-21H,15-16H2,1-8H3;2,4-11,15H,3,12H2,1H3;2*1H;/q;;;;+2/p-2. The molecule has 0 N–H and O–H groups in total. The Bertz CT molecular complexity index is 1750. The number of hydrogen-bond donors (Lipinski definition) is 0. The van der Waals surface area contributed by atoms with E-state index in [9.17, 15) is 4.79 Å². The van der Waals surface area contributed by atoms with Crippen molar-refractivity contribution in [3.05, 3.63) is 118 Å². The van der Waals surface area contributed by atoms with Crippen LogP contribution in [0.2, 0.25) is 0 Å². The first-order valence-corrected chi connectivity index (χ1v) is 20.9. The van der Waals surface area contributed by atoms with Crippen molar-refractivity contribution in [1.82, 2.24) is 0 Å². The number of para-hydroxylation sites is 3. The van der Waals surface area contributed by atoms with E-state index in [1.165, 1.54) is 33.6 Å². The number of anilines is 3. The van der Waals surface area contributed by atoms with Gasteiger partial charge in [-0.3, -0.25) is 0 Å². The molecular formula is C45H56Cl2N3O2Ru. The number of nitrogens with zero attached hydrogens (tertiary/aromatic N) is 3. The number of benzene rings is 4. The van der Waals surface area contributed by atoms with Crippen LogP contribution in [0.3, 0.4) is 0 Å². The summed E-state index contributed by atoms with van der Waals surface area (Å²) in [6.07, 6.45) is 0.769. The smallest absolute Gasteiger partial charge is 1.00 e. The Labute approximate surface area is 338 Å². The molecule has 0 spiro atoms. The van der Waals surface area contributed by atoms with E-state index in [-0.39, 0.29) is 58.3 Å². The van der Waals surface area contributed by atoms with Crippen LogP contribution in [0.25, 0.3) is 0 Å².